The third kappa shape index (κ3) is 18.4. The number of ether oxygens (including phenoxy) is 3. The molecule has 4 amide bonds. The van der Waals surface area contributed by atoms with E-state index < -0.39 is 35.1 Å². The molecule has 11 nitrogen and oxygen atoms in total. The van der Waals surface area contributed by atoms with Gasteiger partial charge in [0.2, 0.25) is 5.91 Å². The fourth-order valence-corrected chi connectivity index (χ4v) is 14.9. The zero-order valence-electron chi connectivity index (χ0n) is 45.5. The first-order valence-electron chi connectivity index (χ1n) is 26.9. The normalized spacial score (nSPS) is 26.4. The van der Waals surface area contributed by atoms with Crippen LogP contribution in [0, 0.1) is 46.3 Å². The number of allylic oxidation sites excluding steroid dienone is 2. The van der Waals surface area contributed by atoms with Crippen LogP contribution in [0.3, 0.4) is 0 Å². The number of carbonyl (C=O) groups excluding carboxylic acids is 4. The number of rotatable bonds is 23. The van der Waals surface area contributed by atoms with E-state index in [4.69, 9.17) is 14.2 Å². The predicted octanol–water partition coefficient (Wildman–Crippen LogP) is 13.8. The monoisotopic (exact) mass is 991 g/mol. The Bertz CT molecular complexity index is 1650. The average molecular weight is 992 g/mol. The van der Waals surface area contributed by atoms with Gasteiger partial charge < -0.3 is 34.6 Å². The van der Waals surface area contributed by atoms with Crippen molar-refractivity contribution >= 4 is 45.8 Å². The lowest BCUT2D eigenvalue weighted by Crippen LogP contribution is -2.50. The van der Waals surface area contributed by atoms with Crippen molar-refractivity contribution in [3.63, 3.8) is 0 Å². The fraction of sp³-hybridized carbons (Fsp3) is 0.891. The number of nitrogens with zero attached hydrogens (tertiary/aromatic N) is 2. The number of amides is 4. The predicted molar refractivity (Wildman–Crippen MR) is 283 cm³/mol. The summed E-state index contributed by atoms with van der Waals surface area (Å²) < 4.78 is 16.5. The van der Waals surface area contributed by atoms with Gasteiger partial charge >= 0.3 is 18.3 Å². The molecular formula is C55H98N4O7S2. The summed E-state index contributed by atoms with van der Waals surface area (Å²) >= 11 is 0. The lowest BCUT2D eigenvalue weighted by atomic mass is 9.47. The summed E-state index contributed by atoms with van der Waals surface area (Å²) in [5.74, 6) is 5.97. The summed E-state index contributed by atoms with van der Waals surface area (Å²) in [4.78, 5) is 55.2. The molecule has 0 aromatic rings. The molecule has 0 aliphatic heterocycles. The number of nitrogens with one attached hydrogen (secondary N) is 2. The highest BCUT2D eigenvalue weighted by Gasteiger charge is 2.59. The SMILES string of the molecule is CC(C)CCC[C@@H](C)[C@H]1CC[C@H]2[C@@H]3CC=C4C[C@@H](SSCCC(=O)N(CCCCN(CCCNC(=O)OC(C)(C)C)C(=O)OC(C)(C)C)CCCNC(=O)OC(C)(C)C)CC[C@]4(C)[C@H]3CC[C@]12C. The second kappa shape index (κ2) is 25.9. The molecule has 4 rings (SSSR count). The van der Waals surface area contributed by atoms with Crippen molar-refractivity contribution in [2.45, 2.75) is 222 Å². The van der Waals surface area contributed by atoms with Crippen LogP contribution in [0.5, 0.6) is 0 Å². The van der Waals surface area contributed by atoms with Gasteiger partial charge in [0, 0.05) is 56.7 Å². The molecule has 13 heteroatoms. The van der Waals surface area contributed by atoms with Crippen molar-refractivity contribution < 1.29 is 33.4 Å². The van der Waals surface area contributed by atoms with Crippen molar-refractivity contribution in [2.24, 2.45) is 46.3 Å². The van der Waals surface area contributed by atoms with Crippen LogP contribution in [-0.4, -0.2) is 101 Å². The van der Waals surface area contributed by atoms with E-state index in [9.17, 15) is 19.2 Å². The summed E-state index contributed by atoms with van der Waals surface area (Å²) in [6, 6.07) is 0. The highest BCUT2D eigenvalue weighted by atomic mass is 33.1. The molecule has 0 saturated heterocycles. The number of fused-ring (bicyclic) bond motifs is 5. The second-order valence-electron chi connectivity index (χ2n) is 24.9. The molecule has 4 aliphatic carbocycles. The lowest BCUT2D eigenvalue weighted by Gasteiger charge is -2.58. The average Bonchev–Trinajstić information content (AvgIpc) is 3.57. The van der Waals surface area contributed by atoms with Crippen molar-refractivity contribution in [1.29, 1.82) is 0 Å². The van der Waals surface area contributed by atoms with Crippen LogP contribution in [0.25, 0.3) is 0 Å². The van der Waals surface area contributed by atoms with Gasteiger partial charge in [-0.25, -0.2) is 14.4 Å². The summed E-state index contributed by atoms with van der Waals surface area (Å²) in [5, 5.41) is 6.19. The van der Waals surface area contributed by atoms with E-state index in [1.165, 1.54) is 70.6 Å². The maximum Gasteiger partial charge on any atom is 0.410 e. The molecule has 0 aromatic carbocycles. The molecule has 392 valence electrons. The van der Waals surface area contributed by atoms with Crippen molar-refractivity contribution in [3.05, 3.63) is 11.6 Å². The number of unbranched alkanes of at least 4 members (excludes halogenated alkanes) is 1. The number of hydrogen-bond donors (Lipinski definition) is 2. The summed E-state index contributed by atoms with van der Waals surface area (Å²) in [7, 11) is 3.85. The summed E-state index contributed by atoms with van der Waals surface area (Å²) in [6.45, 7) is 31.9. The Morgan fingerprint density at radius 3 is 1.87 bits per heavy atom. The van der Waals surface area contributed by atoms with E-state index >= 15 is 0 Å². The third-order valence-corrected chi connectivity index (χ3v) is 18.4. The minimum absolute atomic E-state index is 0.119. The maximum atomic E-state index is 13.9. The van der Waals surface area contributed by atoms with Gasteiger partial charge in [-0.15, -0.1) is 0 Å². The Morgan fingerprint density at radius 1 is 0.706 bits per heavy atom. The first-order valence-corrected chi connectivity index (χ1v) is 29.3. The van der Waals surface area contributed by atoms with Gasteiger partial charge in [0.1, 0.15) is 16.8 Å². The lowest BCUT2D eigenvalue weighted by molar-refractivity contribution is -0.130. The fourth-order valence-electron chi connectivity index (χ4n) is 12.3. The molecule has 0 radical (unpaired) electrons. The van der Waals surface area contributed by atoms with Crippen LogP contribution in [0.4, 0.5) is 14.4 Å². The van der Waals surface area contributed by atoms with Crippen LogP contribution >= 0.6 is 21.6 Å². The Morgan fingerprint density at radius 2 is 1.28 bits per heavy atom. The first kappa shape index (κ1) is 58.3. The minimum Gasteiger partial charge on any atom is -0.444 e. The Balaban J connectivity index is 1.28. The molecule has 0 spiro atoms. The Labute approximate surface area is 422 Å². The van der Waals surface area contributed by atoms with Crippen LogP contribution in [0.1, 0.15) is 200 Å². The van der Waals surface area contributed by atoms with Gasteiger partial charge in [0.15, 0.2) is 0 Å². The molecule has 68 heavy (non-hydrogen) atoms. The molecule has 3 fully saturated rings. The maximum absolute atomic E-state index is 13.9. The van der Waals surface area contributed by atoms with Crippen LogP contribution < -0.4 is 10.6 Å². The van der Waals surface area contributed by atoms with Crippen LogP contribution in [0.15, 0.2) is 11.6 Å². The van der Waals surface area contributed by atoms with Gasteiger partial charge in [-0.1, -0.05) is 87.1 Å². The third-order valence-electron chi connectivity index (χ3n) is 15.5. The van der Waals surface area contributed by atoms with Crippen molar-refractivity contribution in [2.75, 3.05) is 45.0 Å². The molecule has 0 aromatic heterocycles. The number of alkyl carbamates (subject to hydrolysis) is 2. The molecule has 0 heterocycles. The first-order chi connectivity index (χ1) is 31.7. The van der Waals surface area contributed by atoms with E-state index in [1.54, 1.807) is 10.5 Å². The Hall–Kier alpha value is -2.28. The van der Waals surface area contributed by atoms with E-state index in [1.807, 2.05) is 88.8 Å². The van der Waals surface area contributed by atoms with E-state index in [0.717, 1.165) is 41.3 Å². The molecule has 0 unspecified atom stereocenters. The Kier molecular flexibility index (Phi) is 22.2. The van der Waals surface area contributed by atoms with Crippen molar-refractivity contribution in [1.82, 2.24) is 20.4 Å². The highest BCUT2D eigenvalue weighted by molar-refractivity contribution is 8.76. The summed E-state index contributed by atoms with van der Waals surface area (Å²) in [6.07, 6.45) is 19.2. The summed E-state index contributed by atoms with van der Waals surface area (Å²) in [5.41, 5.74) is 0.765. The number of hydrogen-bond acceptors (Lipinski definition) is 9. The zero-order valence-corrected chi connectivity index (χ0v) is 47.1. The number of carbonyl (C=O) groups is 4. The zero-order chi connectivity index (χ0) is 50.5. The minimum atomic E-state index is -0.645. The smallest absolute Gasteiger partial charge is 0.410 e. The molecule has 0 bridgehead atoms. The second-order valence-corrected chi connectivity index (χ2v) is 27.7. The van der Waals surface area contributed by atoms with E-state index in [-0.39, 0.29) is 5.91 Å². The molecule has 3 saturated carbocycles. The van der Waals surface area contributed by atoms with E-state index in [0.29, 0.717) is 87.5 Å². The van der Waals surface area contributed by atoms with Crippen LogP contribution in [-0.2, 0) is 19.0 Å². The van der Waals surface area contributed by atoms with Gasteiger partial charge in [0.25, 0.3) is 0 Å². The molecular weight excluding hydrogens is 893 g/mol. The standard InChI is InChI=1S/C55H98N4O7S2/c1-39(2)20-17-21-40(3)44-24-25-45-43-23-22-41-38-42(26-29-54(41,13)46(43)27-30-55(44,45)14)68-67-37-28-47(60)58(35-18-31-56-48(61)64-51(4,5)6)33-15-16-34-59(50(63)66-53(10,11)12)36-19-32-57-49(62)65-52(7,8)9/h22,39-40,42-46H,15-21,23-38H2,1-14H3,(H,56,61)(H,57,62)/t40-,42+,43+,44-,45+,46+,54+,55-/m1/s1. The van der Waals surface area contributed by atoms with Gasteiger partial charge in [-0.3, -0.25) is 4.79 Å². The quantitative estimate of drug-likeness (QED) is 0.0445. The van der Waals surface area contributed by atoms with Gasteiger partial charge in [-0.2, -0.15) is 0 Å². The van der Waals surface area contributed by atoms with Crippen LogP contribution in [0.2, 0.25) is 0 Å². The molecule has 8 atom stereocenters. The topological polar surface area (TPSA) is 127 Å². The largest absolute Gasteiger partial charge is 0.444 e. The van der Waals surface area contributed by atoms with E-state index in [2.05, 4.69) is 51.3 Å². The van der Waals surface area contributed by atoms with Gasteiger partial charge in [0.05, 0.1) is 0 Å². The highest BCUT2D eigenvalue weighted by Crippen LogP contribution is 2.67. The van der Waals surface area contributed by atoms with Gasteiger partial charge in [-0.05, 0) is 186 Å². The van der Waals surface area contributed by atoms with Crippen molar-refractivity contribution in [3.8, 4) is 0 Å². The molecule has 2 N–H and O–H groups in total. The molecule has 4 aliphatic rings.